The first kappa shape index (κ1) is 41.9. The molecule has 6 heterocycles. The molecule has 1 amide bonds. The molecule has 0 atom stereocenters. The van der Waals surface area contributed by atoms with Crippen molar-refractivity contribution in [1.82, 2.24) is 44.4 Å². The lowest BCUT2D eigenvalue weighted by atomic mass is 9.98. The minimum atomic E-state index is -2.79. The number of nitrogens with one attached hydrogen (secondary N) is 2. The predicted molar refractivity (Wildman–Crippen MR) is 240 cm³/mol. The average Bonchev–Trinajstić information content (AvgIpc) is 3.63. The SMILES string of the molecule is COc1cc(N2CCN(C3CCN(C4CN(C(=O)OC(C)(C)C)C4)CC3)CC2)c(-c2cnn(C)c2)cc1Nc1ncc(Br)c(Nc2ccc3nccnc3c2P(C)(C)=O)n1. The smallest absolute Gasteiger partial charge is 0.410 e. The molecule has 2 aromatic carbocycles. The highest BCUT2D eigenvalue weighted by Crippen LogP contribution is 2.43. The van der Waals surface area contributed by atoms with E-state index in [-0.39, 0.29) is 6.09 Å². The first-order valence-corrected chi connectivity index (χ1v) is 23.8. The quantitative estimate of drug-likeness (QED) is 0.146. The summed E-state index contributed by atoms with van der Waals surface area (Å²) in [5, 5.41) is 11.9. The van der Waals surface area contributed by atoms with Crippen LogP contribution in [0.25, 0.3) is 22.2 Å². The molecule has 8 rings (SSSR count). The molecule has 3 fully saturated rings. The first-order chi connectivity index (χ1) is 28.6. The van der Waals surface area contributed by atoms with Crippen molar-refractivity contribution in [1.29, 1.82) is 0 Å². The zero-order valence-corrected chi connectivity index (χ0v) is 37.8. The summed E-state index contributed by atoms with van der Waals surface area (Å²) in [6, 6.07) is 8.86. The van der Waals surface area contributed by atoms with Crippen LogP contribution in [0.2, 0.25) is 0 Å². The van der Waals surface area contributed by atoms with Gasteiger partial charge in [-0.05, 0) is 81.1 Å². The van der Waals surface area contributed by atoms with Crippen molar-refractivity contribution in [3.05, 3.63) is 59.7 Å². The number of fused-ring (bicyclic) bond motifs is 1. The maximum absolute atomic E-state index is 13.6. The van der Waals surface area contributed by atoms with Gasteiger partial charge in [0.2, 0.25) is 5.95 Å². The second-order valence-corrected chi connectivity index (χ2v) is 21.2. The summed E-state index contributed by atoms with van der Waals surface area (Å²) in [4.78, 5) is 40.3. The molecular weight excluding hydrogens is 847 g/mol. The molecular formula is C42H54BrN12O4P. The first-order valence-electron chi connectivity index (χ1n) is 20.4. The van der Waals surface area contributed by atoms with Gasteiger partial charge in [0.1, 0.15) is 29.8 Å². The Morgan fingerprint density at radius 1 is 0.900 bits per heavy atom. The third-order valence-corrected chi connectivity index (χ3v) is 13.5. The molecule has 0 spiro atoms. The standard InChI is InChI=1S/C42H54BrN12O4P/c1-42(2,3)59-41(56)55-25-29(26-55)52-14-10-28(11-15-52)53-16-18-54(19-17-53)35-21-36(58-5)34(20-30(35)27-22-47-51(4)24-27)49-40-46-23-31(43)39(50-40)48-33-9-8-32-37(45-13-12-44-32)38(33)60(6,7)57/h8-9,12-13,20-24,28-29H,10-11,14-19,25-26H2,1-7H3,(H2,46,48,49,50). The van der Waals surface area contributed by atoms with Crippen molar-refractivity contribution in [2.75, 3.05) is 88.3 Å². The number of carbonyl (C=O) groups excluding carboxylic acids is 1. The number of aryl methyl sites for hydroxylation is 1. The van der Waals surface area contributed by atoms with Crippen LogP contribution < -0.4 is 25.6 Å². The molecule has 0 radical (unpaired) electrons. The molecule has 0 bridgehead atoms. The number of carbonyl (C=O) groups is 1. The number of hydrogen-bond donors (Lipinski definition) is 2. The van der Waals surface area contributed by atoms with Crippen molar-refractivity contribution in [3.63, 3.8) is 0 Å². The Labute approximate surface area is 359 Å². The highest BCUT2D eigenvalue weighted by atomic mass is 79.9. The van der Waals surface area contributed by atoms with E-state index in [4.69, 9.17) is 14.5 Å². The molecule has 60 heavy (non-hydrogen) atoms. The van der Waals surface area contributed by atoms with Crippen molar-refractivity contribution in [2.45, 2.75) is 51.3 Å². The maximum atomic E-state index is 13.6. The molecule has 3 aliphatic heterocycles. The summed E-state index contributed by atoms with van der Waals surface area (Å²) in [5.74, 6) is 1.49. The number of rotatable bonds is 10. The Morgan fingerprint density at radius 3 is 2.28 bits per heavy atom. The van der Waals surface area contributed by atoms with Gasteiger partial charge in [-0.25, -0.2) is 9.78 Å². The van der Waals surface area contributed by atoms with Crippen LogP contribution in [0.3, 0.4) is 0 Å². The predicted octanol–water partition coefficient (Wildman–Crippen LogP) is 6.53. The topological polar surface area (TPSA) is 159 Å². The minimum absolute atomic E-state index is 0.210. The lowest BCUT2D eigenvalue weighted by Crippen LogP contribution is -2.63. The molecule has 0 saturated carbocycles. The van der Waals surface area contributed by atoms with Crippen LogP contribution in [0.5, 0.6) is 5.75 Å². The number of piperazine rings is 1. The number of methoxy groups -OCH3 is 1. The molecule has 3 aromatic heterocycles. The third-order valence-electron chi connectivity index (χ3n) is 11.4. The summed E-state index contributed by atoms with van der Waals surface area (Å²) in [7, 11) is 0.804. The molecule has 3 saturated heterocycles. The van der Waals surface area contributed by atoms with E-state index < -0.39 is 12.7 Å². The van der Waals surface area contributed by atoms with Crippen molar-refractivity contribution in [2.24, 2.45) is 7.05 Å². The van der Waals surface area contributed by atoms with Crippen LogP contribution in [-0.2, 0) is 16.3 Å². The van der Waals surface area contributed by atoms with Crippen molar-refractivity contribution in [3.8, 4) is 16.9 Å². The van der Waals surface area contributed by atoms with Gasteiger partial charge in [0.05, 0.1) is 40.0 Å². The summed E-state index contributed by atoms with van der Waals surface area (Å²) in [6.07, 6.45) is 10.9. The monoisotopic (exact) mass is 900 g/mol. The Kier molecular flexibility index (Phi) is 11.8. The number of aromatic nitrogens is 6. The number of piperidine rings is 1. The summed E-state index contributed by atoms with van der Waals surface area (Å²) in [5.41, 5.74) is 5.21. The molecule has 18 heteroatoms. The van der Waals surface area contributed by atoms with Gasteiger partial charge in [-0.3, -0.25) is 24.4 Å². The average molecular weight is 902 g/mol. The maximum Gasteiger partial charge on any atom is 0.410 e. The Morgan fingerprint density at radius 2 is 1.62 bits per heavy atom. The Hall–Kier alpha value is -4.83. The zero-order chi connectivity index (χ0) is 42.3. The molecule has 3 aliphatic rings. The summed E-state index contributed by atoms with van der Waals surface area (Å²) >= 11 is 3.61. The van der Waals surface area contributed by atoms with E-state index in [0.29, 0.717) is 61.8 Å². The van der Waals surface area contributed by atoms with Gasteiger partial charge >= 0.3 is 6.09 Å². The van der Waals surface area contributed by atoms with E-state index in [9.17, 15) is 9.36 Å². The molecule has 0 unspecified atom stereocenters. The fraction of sp³-hybridized carbons (Fsp3) is 0.476. The minimum Gasteiger partial charge on any atom is -0.494 e. The van der Waals surface area contributed by atoms with E-state index in [1.807, 2.05) is 61.9 Å². The second-order valence-electron chi connectivity index (χ2n) is 17.2. The van der Waals surface area contributed by atoms with E-state index in [1.165, 1.54) is 0 Å². The summed E-state index contributed by atoms with van der Waals surface area (Å²) < 4.78 is 27.6. The van der Waals surface area contributed by atoms with Gasteiger partial charge in [0.15, 0.2) is 0 Å². The second kappa shape index (κ2) is 16.9. The normalized spacial score (nSPS) is 17.5. The van der Waals surface area contributed by atoms with Crippen LogP contribution in [0.15, 0.2) is 59.7 Å². The van der Waals surface area contributed by atoms with Crippen LogP contribution in [0.1, 0.15) is 33.6 Å². The van der Waals surface area contributed by atoms with Gasteiger partial charge < -0.3 is 34.5 Å². The number of halogens is 1. The molecule has 2 N–H and O–H groups in total. The zero-order valence-electron chi connectivity index (χ0n) is 35.4. The van der Waals surface area contributed by atoms with E-state index in [1.54, 1.807) is 39.0 Å². The van der Waals surface area contributed by atoms with Crippen LogP contribution >= 0.6 is 23.1 Å². The van der Waals surface area contributed by atoms with Gasteiger partial charge in [0, 0.05) is 119 Å². The van der Waals surface area contributed by atoms with Crippen molar-refractivity contribution < 1.29 is 18.8 Å². The fourth-order valence-electron chi connectivity index (χ4n) is 8.43. The van der Waals surface area contributed by atoms with E-state index in [0.717, 1.165) is 82.0 Å². The third kappa shape index (κ3) is 9.09. The highest BCUT2D eigenvalue weighted by Gasteiger charge is 2.39. The van der Waals surface area contributed by atoms with E-state index in [2.05, 4.69) is 73.4 Å². The van der Waals surface area contributed by atoms with Crippen molar-refractivity contribution >= 4 is 74.3 Å². The lowest BCUT2D eigenvalue weighted by Gasteiger charge is -2.49. The molecule has 16 nitrogen and oxygen atoms in total. The Balaban J connectivity index is 0.962. The van der Waals surface area contributed by atoms with Crippen LogP contribution in [0.4, 0.5) is 33.6 Å². The van der Waals surface area contributed by atoms with Gasteiger partial charge in [0.25, 0.3) is 0 Å². The number of ether oxygens (including phenoxy) is 2. The highest BCUT2D eigenvalue weighted by molar-refractivity contribution is 9.10. The number of nitrogens with zero attached hydrogens (tertiary/aromatic N) is 10. The van der Waals surface area contributed by atoms with E-state index >= 15 is 0 Å². The van der Waals surface area contributed by atoms with Crippen LogP contribution in [-0.4, -0.2) is 141 Å². The van der Waals surface area contributed by atoms with Gasteiger partial charge in [-0.1, -0.05) is 0 Å². The molecule has 0 aliphatic carbocycles. The lowest BCUT2D eigenvalue weighted by molar-refractivity contribution is -0.0247. The number of benzene rings is 2. The van der Waals surface area contributed by atoms with Gasteiger partial charge in [-0.15, -0.1) is 0 Å². The largest absolute Gasteiger partial charge is 0.494 e. The van der Waals surface area contributed by atoms with Gasteiger partial charge in [-0.2, -0.15) is 10.1 Å². The number of likely N-dealkylation sites (tertiary alicyclic amines) is 2. The molecule has 318 valence electrons. The van der Waals surface area contributed by atoms with Crippen LogP contribution in [0, 0.1) is 0 Å². The number of hydrogen-bond acceptors (Lipinski definition) is 14. The number of amides is 1. The number of anilines is 5. The Bertz CT molecular complexity index is 2410. The molecule has 5 aromatic rings. The fourth-order valence-corrected chi connectivity index (χ4v) is 10.1. The summed E-state index contributed by atoms with van der Waals surface area (Å²) in [6.45, 7) is 16.5.